The molecular weight excluding hydrogens is 342 g/mol. The van der Waals surface area contributed by atoms with E-state index in [0.29, 0.717) is 25.6 Å². The minimum Gasteiger partial charge on any atom is -0.435 e. The van der Waals surface area contributed by atoms with Gasteiger partial charge >= 0.3 is 6.61 Å². The average molecular weight is 370 g/mol. The van der Waals surface area contributed by atoms with Crippen molar-refractivity contribution in [1.82, 2.24) is 15.5 Å². The van der Waals surface area contributed by atoms with Gasteiger partial charge in [0.05, 0.1) is 0 Å². The molecule has 0 bridgehead atoms. The Morgan fingerprint density at radius 3 is 2.27 bits per heavy atom. The van der Waals surface area contributed by atoms with Gasteiger partial charge in [-0.25, -0.2) is 0 Å². The molecule has 0 saturated carbocycles. The first-order chi connectivity index (χ1) is 12.1. The second-order valence-electron chi connectivity index (χ2n) is 6.86. The van der Waals surface area contributed by atoms with E-state index in [1.807, 2.05) is 32.7 Å². The fourth-order valence-corrected chi connectivity index (χ4v) is 2.13. The average Bonchev–Trinajstić information content (AvgIpc) is 2.55. The summed E-state index contributed by atoms with van der Waals surface area (Å²) in [6.07, 6.45) is 0. The molecule has 0 aliphatic carbocycles. The van der Waals surface area contributed by atoms with E-state index < -0.39 is 12.0 Å². The van der Waals surface area contributed by atoms with E-state index >= 15 is 0 Å². The maximum Gasteiger partial charge on any atom is 0.387 e. The number of halogens is 2. The molecule has 0 aliphatic rings. The summed E-state index contributed by atoms with van der Waals surface area (Å²) in [5.74, 6) is 0.792. The minimum absolute atomic E-state index is 0.00579. The Morgan fingerprint density at radius 1 is 1.19 bits per heavy atom. The molecule has 0 heterocycles. The molecule has 0 aromatic heterocycles. The Labute approximate surface area is 153 Å². The monoisotopic (exact) mass is 370 g/mol. The Kier molecular flexibility index (Phi) is 8.28. The van der Waals surface area contributed by atoms with Gasteiger partial charge in [0.1, 0.15) is 5.75 Å². The molecule has 0 fully saturated rings. The van der Waals surface area contributed by atoms with Gasteiger partial charge in [0.2, 0.25) is 5.91 Å². The highest BCUT2D eigenvalue weighted by atomic mass is 19.3. The van der Waals surface area contributed by atoms with Crippen LogP contribution in [0.5, 0.6) is 5.75 Å². The van der Waals surface area contributed by atoms with E-state index in [9.17, 15) is 13.6 Å². The van der Waals surface area contributed by atoms with E-state index in [1.165, 1.54) is 12.1 Å². The zero-order valence-electron chi connectivity index (χ0n) is 16.0. The number of benzene rings is 1. The molecule has 0 spiro atoms. The maximum atomic E-state index is 12.2. The first-order valence-electron chi connectivity index (χ1n) is 8.37. The van der Waals surface area contributed by atoms with Crippen molar-refractivity contribution in [2.75, 3.05) is 27.2 Å². The summed E-state index contributed by atoms with van der Waals surface area (Å²) in [6.45, 7) is 4.33. The number of guanidine groups is 1. The molecule has 1 amide bonds. The first kappa shape index (κ1) is 21.7. The molecule has 26 heavy (non-hydrogen) atoms. The molecule has 1 rings (SSSR count). The van der Waals surface area contributed by atoms with E-state index in [1.54, 1.807) is 19.2 Å². The molecule has 0 saturated heterocycles. The Balaban J connectivity index is 2.46. The molecule has 146 valence electrons. The largest absolute Gasteiger partial charge is 0.435 e. The van der Waals surface area contributed by atoms with Crippen LogP contribution in [0.25, 0.3) is 0 Å². The van der Waals surface area contributed by atoms with E-state index in [-0.39, 0.29) is 11.7 Å². The molecule has 0 aliphatic heterocycles. The Hall–Kier alpha value is -2.38. The SMILES string of the molecule is CN=C(NCCNC(=O)C(C)(C)C)N(C)Cc1ccc(OC(F)F)cc1. The fraction of sp³-hybridized carbons (Fsp3) is 0.556. The van der Waals surface area contributed by atoms with Gasteiger partial charge in [-0.3, -0.25) is 9.79 Å². The van der Waals surface area contributed by atoms with Gasteiger partial charge in [-0.15, -0.1) is 0 Å². The van der Waals surface area contributed by atoms with Crippen molar-refractivity contribution >= 4 is 11.9 Å². The number of rotatable bonds is 7. The number of amides is 1. The van der Waals surface area contributed by atoms with Crippen molar-refractivity contribution in [3.8, 4) is 5.75 Å². The zero-order valence-corrected chi connectivity index (χ0v) is 16.0. The summed E-state index contributed by atoms with van der Waals surface area (Å²) in [7, 11) is 3.54. The molecular formula is C18H28F2N4O2. The summed E-state index contributed by atoms with van der Waals surface area (Å²) in [6, 6.07) is 6.47. The number of carbonyl (C=O) groups is 1. The normalized spacial score (nSPS) is 12.1. The van der Waals surface area contributed by atoms with Crippen LogP contribution in [0, 0.1) is 5.41 Å². The highest BCUT2D eigenvalue weighted by Crippen LogP contribution is 2.15. The lowest BCUT2D eigenvalue weighted by molar-refractivity contribution is -0.128. The van der Waals surface area contributed by atoms with Gasteiger partial charge in [0.15, 0.2) is 5.96 Å². The number of hydrogen-bond donors (Lipinski definition) is 2. The molecule has 1 aromatic rings. The van der Waals surface area contributed by atoms with Gasteiger partial charge < -0.3 is 20.3 Å². The summed E-state index contributed by atoms with van der Waals surface area (Å²) in [4.78, 5) is 17.9. The van der Waals surface area contributed by atoms with Crippen LogP contribution in [0.4, 0.5) is 8.78 Å². The predicted octanol–water partition coefficient (Wildman–Crippen LogP) is 2.46. The molecule has 0 unspecified atom stereocenters. The lowest BCUT2D eigenvalue weighted by Crippen LogP contribution is -2.43. The number of ether oxygens (including phenoxy) is 1. The smallest absolute Gasteiger partial charge is 0.387 e. The number of nitrogens with one attached hydrogen (secondary N) is 2. The van der Waals surface area contributed by atoms with Crippen LogP contribution >= 0.6 is 0 Å². The molecule has 2 N–H and O–H groups in total. The highest BCUT2D eigenvalue weighted by molar-refractivity contribution is 5.81. The van der Waals surface area contributed by atoms with Gasteiger partial charge in [-0.2, -0.15) is 8.78 Å². The lowest BCUT2D eigenvalue weighted by atomic mass is 9.96. The Bertz CT molecular complexity index is 598. The number of aliphatic imine (C=N–C) groups is 1. The second kappa shape index (κ2) is 9.94. The van der Waals surface area contributed by atoms with Crippen LogP contribution in [0.1, 0.15) is 26.3 Å². The molecule has 1 aromatic carbocycles. The third-order valence-electron chi connectivity index (χ3n) is 3.52. The summed E-state index contributed by atoms with van der Waals surface area (Å²) >= 11 is 0. The van der Waals surface area contributed by atoms with Crippen LogP contribution in [0.2, 0.25) is 0 Å². The van der Waals surface area contributed by atoms with Crippen molar-refractivity contribution in [3.05, 3.63) is 29.8 Å². The van der Waals surface area contributed by atoms with Crippen LogP contribution in [-0.4, -0.2) is 50.6 Å². The van der Waals surface area contributed by atoms with Gasteiger partial charge in [0.25, 0.3) is 0 Å². The minimum atomic E-state index is -2.83. The van der Waals surface area contributed by atoms with Crippen LogP contribution in [0.3, 0.4) is 0 Å². The maximum absolute atomic E-state index is 12.2. The summed E-state index contributed by atoms with van der Waals surface area (Å²) < 4.78 is 28.7. The molecule has 0 radical (unpaired) electrons. The standard InChI is InChI=1S/C18H28F2N4O2/c1-18(2,3)15(25)22-10-11-23-17(21-4)24(5)12-13-6-8-14(9-7-13)26-16(19)20/h6-9,16H,10-12H2,1-5H3,(H,21,23)(H,22,25). The second-order valence-corrected chi connectivity index (χ2v) is 6.86. The van der Waals surface area contributed by atoms with Crippen molar-refractivity contribution in [1.29, 1.82) is 0 Å². The van der Waals surface area contributed by atoms with Crippen LogP contribution in [0.15, 0.2) is 29.3 Å². The van der Waals surface area contributed by atoms with Gasteiger partial charge in [-0.1, -0.05) is 32.9 Å². The van der Waals surface area contributed by atoms with Crippen molar-refractivity contribution in [2.24, 2.45) is 10.4 Å². The van der Waals surface area contributed by atoms with Crippen LogP contribution < -0.4 is 15.4 Å². The summed E-state index contributed by atoms with van der Waals surface area (Å²) in [5.41, 5.74) is 0.511. The van der Waals surface area contributed by atoms with Crippen molar-refractivity contribution in [2.45, 2.75) is 33.9 Å². The lowest BCUT2D eigenvalue weighted by Gasteiger charge is -2.23. The van der Waals surface area contributed by atoms with E-state index in [4.69, 9.17) is 0 Å². The molecule has 0 atom stereocenters. The fourth-order valence-electron chi connectivity index (χ4n) is 2.13. The van der Waals surface area contributed by atoms with Crippen LogP contribution in [-0.2, 0) is 11.3 Å². The number of nitrogens with zero attached hydrogens (tertiary/aromatic N) is 2. The summed E-state index contributed by atoms with van der Waals surface area (Å²) in [5, 5.41) is 6.03. The number of hydrogen-bond acceptors (Lipinski definition) is 3. The Morgan fingerprint density at radius 2 is 1.77 bits per heavy atom. The van der Waals surface area contributed by atoms with Gasteiger partial charge in [-0.05, 0) is 17.7 Å². The topological polar surface area (TPSA) is 66.0 Å². The zero-order chi connectivity index (χ0) is 19.7. The van der Waals surface area contributed by atoms with Crippen molar-refractivity contribution < 1.29 is 18.3 Å². The molecule has 8 heteroatoms. The van der Waals surface area contributed by atoms with E-state index in [0.717, 1.165) is 5.56 Å². The highest BCUT2D eigenvalue weighted by Gasteiger charge is 2.20. The van der Waals surface area contributed by atoms with Gasteiger partial charge in [0, 0.05) is 39.1 Å². The first-order valence-corrected chi connectivity index (χ1v) is 8.37. The molecule has 6 nitrogen and oxygen atoms in total. The predicted molar refractivity (Wildman–Crippen MR) is 98.4 cm³/mol. The van der Waals surface area contributed by atoms with E-state index in [2.05, 4.69) is 20.4 Å². The quantitative estimate of drug-likeness (QED) is 0.440. The number of carbonyl (C=O) groups excluding carboxylic acids is 1. The third kappa shape index (κ3) is 7.67. The number of alkyl halides is 2. The third-order valence-corrected chi connectivity index (χ3v) is 3.52. The van der Waals surface area contributed by atoms with Crippen molar-refractivity contribution in [3.63, 3.8) is 0 Å².